The minimum absolute atomic E-state index is 0.362. The zero-order chi connectivity index (χ0) is 19.7. The van der Waals surface area contributed by atoms with Crippen molar-refractivity contribution in [2.45, 2.75) is 39.8 Å². The molecule has 0 atom stereocenters. The molecule has 0 spiro atoms. The van der Waals surface area contributed by atoms with Crippen molar-refractivity contribution in [3.05, 3.63) is 64.6 Å². The third-order valence-electron chi connectivity index (χ3n) is 5.53. The Kier molecular flexibility index (Phi) is 5.18. The van der Waals surface area contributed by atoms with Crippen molar-refractivity contribution in [1.29, 1.82) is 0 Å². The van der Waals surface area contributed by atoms with E-state index >= 15 is 0 Å². The lowest BCUT2D eigenvalue weighted by Gasteiger charge is -2.24. The maximum absolute atomic E-state index is 11.8. The summed E-state index contributed by atoms with van der Waals surface area (Å²) in [5, 5.41) is 1.39. The fourth-order valence-corrected chi connectivity index (χ4v) is 4.09. The van der Waals surface area contributed by atoms with Crippen LogP contribution in [0.4, 0.5) is 0 Å². The number of fused-ring (bicyclic) bond motifs is 3. The van der Waals surface area contributed by atoms with Gasteiger partial charge in [-0.3, -0.25) is 0 Å². The summed E-state index contributed by atoms with van der Waals surface area (Å²) in [5.74, 6) is -0.362. The summed E-state index contributed by atoms with van der Waals surface area (Å²) < 4.78 is 7.49. The number of benzene rings is 1. The lowest BCUT2D eigenvalue weighted by molar-refractivity contribution is 0.0519. The van der Waals surface area contributed by atoms with Gasteiger partial charge in [0, 0.05) is 48.8 Å². The van der Waals surface area contributed by atoms with Gasteiger partial charge in [-0.25, -0.2) is 9.78 Å². The third-order valence-corrected chi connectivity index (χ3v) is 5.53. The molecule has 146 valence electrons. The van der Waals surface area contributed by atoms with Gasteiger partial charge in [0.2, 0.25) is 0 Å². The number of hydrogen-bond acceptors (Lipinski definition) is 4. The van der Waals surface area contributed by atoms with Gasteiger partial charge >= 0.3 is 5.97 Å². The number of pyridine rings is 1. The molecular formula is C23H27N3O2. The molecule has 0 N–H and O–H groups in total. The summed E-state index contributed by atoms with van der Waals surface area (Å²) in [7, 11) is 2.19. The van der Waals surface area contributed by atoms with Crippen molar-refractivity contribution in [2.24, 2.45) is 0 Å². The number of carbonyl (C=O) groups excluding carboxylic acids is 1. The zero-order valence-electron chi connectivity index (χ0n) is 16.9. The number of aryl methyl sites for hydroxylation is 3. The summed E-state index contributed by atoms with van der Waals surface area (Å²) in [6.45, 7) is 7.35. The molecule has 28 heavy (non-hydrogen) atoms. The molecule has 1 aromatic carbocycles. The minimum atomic E-state index is -0.362. The second-order valence-electron chi connectivity index (χ2n) is 7.61. The van der Waals surface area contributed by atoms with E-state index in [4.69, 9.17) is 4.74 Å². The first kappa shape index (κ1) is 18.7. The average molecular weight is 377 g/mol. The number of nitrogens with zero attached hydrogens (tertiary/aromatic N) is 3. The second kappa shape index (κ2) is 7.76. The maximum Gasteiger partial charge on any atom is 0.356 e. The zero-order valence-corrected chi connectivity index (χ0v) is 16.9. The molecule has 5 heteroatoms. The van der Waals surface area contributed by atoms with Gasteiger partial charge in [0.15, 0.2) is 0 Å². The van der Waals surface area contributed by atoms with Crippen LogP contribution < -0.4 is 0 Å². The Labute approximate surface area is 165 Å². The third kappa shape index (κ3) is 3.54. The Hall–Kier alpha value is -2.66. The molecule has 0 fully saturated rings. The molecule has 0 bridgehead atoms. The lowest BCUT2D eigenvalue weighted by atomic mass is 10.0. The van der Waals surface area contributed by atoms with Crippen molar-refractivity contribution >= 4 is 16.9 Å². The Morgan fingerprint density at radius 1 is 1.25 bits per heavy atom. The highest BCUT2D eigenvalue weighted by atomic mass is 16.5. The SMILES string of the molecule is CCOC(=O)c1ccc(CCn2c3c(c4cc(C)ccc42)CN(C)CC3)cn1. The molecule has 0 radical (unpaired) electrons. The fraction of sp³-hybridized carbons (Fsp3) is 0.391. The van der Waals surface area contributed by atoms with Crippen LogP contribution in [0.15, 0.2) is 36.5 Å². The Bertz CT molecular complexity index is 1000. The van der Waals surface area contributed by atoms with Gasteiger partial charge in [-0.05, 0) is 56.6 Å². The maximum atomic E-state index is 11.8. The lowest BCUT2D eigenvalue weighted by Crippen LogP contribution is -2.27. The van der Waals surface area contributed by atoms with Crippen molar-refractivity contribution in [1.82, 2.24) is 14.5 Å². The van der Waals surface area contributed by atoms with Crippen LogP contribution in [0.25, 0.3) is 10.9 Å². The van der Waals surface area contributed by atoms with E-state index in [1.165, 1.54) is 27.7 Å². The van der Waals surface area contributed by atoms with Crippen LogP contribution in [0.3, 0.4) is 0 Å². The normalized spacial score (nSPS) is 14.2. The molecule has 0 amide bonds. The number of carbonyl (C=O) groups is 1. The molecule has 0 saturated heterocycles. The highest BCUT2D eigenvalue weighted by molar-refractivity contribution is 5.87. The van der Waals surface area contributed by atoms with Gasteiger partial charge in [-0.15, -0.1) is 0 Å². The summed E-state index contributed by atoms with van der Waals surface area (Å²) in [5.41, 5.74) is 7.07. The summed E-state index contributed by atoms with van der Waals surface area (Å²) in [6, 6.07) is 10.5. The van der Waals surface area contributed by atoms with E-state index in [0.717, 1.165) is 38.0 Å². The smallest absolute Gasteiger partial charge is 0.356 e. The van der Waals surface area contributed by atoms with Crippen LogP contribution in [-0.4, -0.2) is 40.6 Å². The van der Waals surface area contributed by atoms with E-state index in [0.29, 0.717) is 12.3 Å². The number of esters is 1. The Balaban J connectivity index is 1.59. The Morgan fingerprint density at radius 3 is 2.86 bits per heavy atom. The summed E-state index contributed by atoms with van der Waals surface area (Å²) in [4.78, 5) is 18.4. The molecule has 0 aliphatic carbocycles. The standard InChI is InChI=1S/C23H27N3O2/c1-4-28-23(27)20-7-6-17(14-24-20)9-12-26-21-8-5-16(2)13-18(21)19-15-25(3)11-10-22(19)26/h5-8,13-14H,4,9-12,15H2,1-3H3. The molecule has 0 unspecified atom stereocenters. The van der Waals surface area contributed by atoms with Crippen LogP contribution in [0.5, 0.6) is 0 Å². The van der Waals surface area contributed by atoms with Crippen molar-refractivity contribution < 1.29 is 9.53 Å². The molecule has 4 rings (SSSR count). The molecule has 5 nitrogen and oxygen atoms in total. The second-order valence-corrected chi connectivity index (χ2v) is 7.61. The first-order valence-electron chi connectivity index (χ1n) is 9.98. The number of ether oxygens (including phenoxy) is 1. The van der Waals surface area contributed by atoms with Gasteiger partial charge in [0.1, 0.15) is 5.69 Å². The molecule has 2 aromatic heterocycles. The monoisotopic (exact) mass is 377 g/mol. The average Bonchev–Trinajstić information content (AvgIpc) is 2.99. The molecule has 1 aliphatic rings. The van der Waals surface area contributed by atoms with Gasteiger partial charge in [-0.1, -0.05) is 17.7 Å². The predicted octanol–water partition coefficient (Wildman–Crippen LogP) is 3.75. The van der Waals surface area contributed by atoms with Crippen LogP contribution >= 0.6 is 0 Å². The molecular weight excluding hydrogens is 350 g/mol. The van der Waals surface area contributed by atoms with Crippen LogP contribution in [0.1, 0.15) is 39.8 Å². The summed E-state index contributed by atoms with van der Waals surface area (Å²) in [6.07, 6.45) is 3.76. The quantitative estimate of drug-likeness (QED) is 0.636. The highest BCUT2D eigenvalue weighted by Crippen LogP contribution is 2.31. The van der Waals surface area contributed by atoms with E-state index < -0.39 is 0 Å². The van der Waals surface area contributed by atoms with E-state index in [2.05, 4.69) is 46.6 Å². The van der Waals surface area contributed by atoms with E-state index in [-0.39, 0.29) is 5.97 Å². The summed E-state index contributed by atoms with van der Waals surface area (Å²) >= 11 is 0. The first-order chi connectivity index (χ1) is 13.6. The number of hydrogen-bond donors (Lipinski definition) is 0. The van der Waals surface area contributed by atoms with Gasteiger partial charge in [0.25, 0.3) is 0 Å². The van der Waals surface area contributed by atoms with E-state index in [1.54, 1.807) is 19.2 Å². The molecule has 0 saturated carbocycles. The Morgan fingerprint density at radius 2 is 2.11 bits per heavy atom. The molecule has 1 aliphatic heterocycles. The van der Waals surface area contributed by atoms with Gasteiger partial charge in [0.05, 0.1) is 6.61 Å². The molecule has 3 aromatic rings. The number of likely N-dealkylation sites (N-methyl/N-ethyl adjacent to an activating group) is 1. The first-order valence-corrected chi connectivity index (χ1v) is 9.98. The number of rotatable bonds is 5. The van der Waals surface area contributed by atoms with Crippen molar-refractivity contribution in [3.63, 3.8) is 0 Å². The van der Waals surface area contributed by atoms with Gasteiger partial charge < -0.3 is 14.2 Å². The highest BCUT2D eigenvalue weighted by Gasteiger charge is 2.22. The molecule has 3 heterocycles. The largest absolute Gasteiger partial charge is 0.461 e. The van der Waals surface area contributed by atoms with Crippen LogP contribution in [0.2, 0.25) is 0 Å². The number of aromatic nitrogens is 2. The van der Waals surface area contributed by atoms with Gasteiger partial charge in [-0.2, -0.15) is 0 Å². The van der Waals surface area contributed by atoms with Crippen molar-refractivity contribution in [3.8, 4) is 0 Å². The fourth-order valence-electron chi connectivity index (χ4n) is 4.09. The predicted molar refractivity (Wildman–Crippen MR) is 111 cm³/mol. The topological polar surface area (TPSA) is 47.4 Å². The van der Waals surface area contributed by atoms with Crippen LogP contribution in [0, 0.1) is 6.92 Å². The van der Waals surface area contributed by atoms with Crippen molar-refractivity contribution in [2.75, 3.05) is 20.2 Å². The van der Waals surface area contributed by atoms with E-state index in [1.807, 2.05) is 6.07 Å². The van der Waals surface area contributed by atoms with E-state index in [9.17, 15) is 4.79 Å². The minimum Gasteiger partial charge on any atom is -0.461 e. The van der Waals surface area contributed by atoms with Crippen LogP contribution in [-0.2, 0) is 30.7 Å².